The van der Waals surface area contributed by atoms with Gasteiger partial charge in [-0.2, -0.15) is 4.98 Å². The summed E-state index contributed by atoms with van der Waals surface area (Å²) in [5.41, 5.74) is 4.18. The summed E-state index contributed by atoms with van der Waals surface area (Å²) in [7, 11) is 0. The van der Waals surface area contributed by atoms with Crippen LogP contribution in [0.5, 0.6) is 0 Å². The van der Waals surface area contributed by atoms with Crippen molar-refractivity contribution in [2.75, 3.05) is 5.43 Å². The molecule has 0 amide bonds. The van der Waals surface area contributed by atoms with Gasteiger partial charge in [-0.25, -0.2) is 0 Å². The molecule has 1 heterocycles. The minimum atomic E-state index is 0.534. The molecule has 1 aromatic heterocycles. The minimum Gasteiger partial charge on any atom is -0.339 e. The number of benzene rings is 1. The molecule has 0 aliphatic rings. The molecule has 0 unspecified atom stereocenters. The third-order valence-corrected chi connectivity index (χ3v) is 1.85. The Morgan fingerprint density at radius 2 is 2.14 bits per heavy atom. The second-order valence-electron chi connectivity index (χ2n) is 2.83. The third kappa shape index (κ3) is 1.45. The first-order valence-electron chi connectivity index (χ1n) is 4.17. The van der Waals surface area contributed by atoms with E-state index in [0.29, 0.717) is 11.7 Å². The molecule has 72 valence electrons. The average molecular weight is 190 g/mol. The van der Waals surface area contributed by atoms with Gasteiger partial charge in [0.25, 0.3) is 0 Å². The Bertz CT molecular complexity index is 438. The van der Waals surface area contributed by atoms with Crippen molar-refractivity contribution < 1.29 is 4.52 Å². The summed E-state index contributed by atoms with van der Waals surface area (Å²) in [5.74, 6) is 6.43. The number of aryl methyl sites for hydroxylation is 1. The van der Waals surface area contributed by atoms with E-state index in [4.69, 9.17) is 10.4 Å². The maximum absolute atomic E-state index is 5.36. The van der Waals surface area contributed by atoms with E-state index in [1.54, 1.807) is 6.92 Å². The van der Waals surface area contributed by atoms with Crippen LogP contribution in [-0.2, 0) is 0 Å². The normalized spacial score (nSPS) is 10.1. The van der Waals surface area contributed by atoms with Gasteiger partial charge in [0.05, 0.1) is 5.69 Å². The van der Waals surface area contributed by atoms with Crippen LogP contribution in [0.4, 0.5) is 5.69 Å². The average Bonchev–Trinajstić information content (AvgIpc) is 2.65. The summed E-state index contributed by atoms with van der Waals surface area (Å²) in [6.45, 7) is 1.75. The topological polar surface area (TPSA) is 77.0 Å². The Balaban J connectivity index is 2.50. The number of nitrogens with zero attached hydrogens (tertiary/aromatic N) is 2. The van der Waals surface area contributed by atoms with Crippen molar-refractivity contribution in [2.45, 2.75) is 6.92 Å². The molecule has 5 heteroatoms. The highest BCUT2D eigenvalue weighted by molar-refractivity contribution is 5.72. The number of hydrogen-bond acceptors (Lipinski definition) is 5. The summed E-state index contributed by atoms with van der Waals surface area (Å²) >= 11 is 0. The first-order valence-corrected chi connectivity index (χ1v) is 4.17. The second kappa shape index (κ2) is 3.47. The van der Waals surface area contributed by atoms with E-state index < -0.39 is 0 Å². The van der Waals surface area contributed by atoms with Crippen LogP contribution >= 0.6 is 0 Å². The molecule has 0 saturated carbocycles. The van der Waals surface area contributed by atoms with Gasteiger partial charge in [0, 0.05) is 12.5 Å². The maximum atomic E-state index is 5.36. The van der Waals surface area contributed by atoms with Crippen LogP contribution in [-0.4, -0.2) is 10.1 Å². The lowest BCUT2D eigenvalue weighted by Crippen LogP contribution is -2.07. The van der Waals surface area contributed by atoms with Gasteiger partial charge in [-0.15, -0.1) is 0 Å². The van der Waals surface area contributed by atoms with Crippen LogP contribution < -0.4 is 11.3 Å². The van der Waals surface area contributed by atoms with E-state index in [1.165, 1.54) is 0 Å². The summed E-state index contributed by atoms with van der Waals surface area (Å²) in [5, 5.41) is 3.81. The Labute approximate surface area is 80.9 Å². The number of para-hydroxylation sites is 1. The van der Waals surface area contributed by atoms with Crippen molar-refractivity contribution >= 4 is 5.69 Å². The lowest BCUT2D eigenvalue weighted by atomic mass is 10.2. The van der Waals surface area contributed by atoms with Crippen LogP contribution in [0.2, 0.25) is 0 Å². The second-order valence-corrected chi connectivity index (χ2v) is 2.83. The predicted octanol–water partition coefficient (Wildman–Crippen LogP) is 1.33. The fraction of sp³-hybridized carbons (Fsp3) is 0.111. The smallest absolute Gasteiger partial charge is 0.223 e. The summed E-state index contributed by atoms with van der Waals surface area (Å²) in [6, 6.07) is 7.49. The van der Waals surface area contributed by atoms with Crippen LogP contribution in [0, 0.1) is 6.92 Å². The summed E-state index contributed by atoms with van der Waals surface area (Å²) < 4.78 is 4.89. The highest BCUT2D eigenvalue weighted by atomic mass is 16.5. The third-order valence-electron chi connectivity index (χ3n) is 1.85. The molecule has 1 aromatic carbocycles. The van der Waals surface area contributed by atoms with E-state index in [0.717, 1.165) is 11.3 Å². The van der Waals surface area contributed by atoms with Crippen LogP contribution in [0.3, 0.4) is 0 Å². The minimum absolute atomic E-state index is 0.534. The van der Waals surface area contributed by atoms with Crippen molar-refractivity contribution in [3.8, 4) is 11.4 Å². The Morgan fingerprint density at radius 1 is 1.36 bits per heavy atom. The molecule has 0 aliphatic carbocycles. The Hall–Kier alpha value is -1.88. The molecule has 2 rings (SSSR count). The van der Waals surface area contributed by atoms with Gasteiger partial charge in [-0.3, -0.25) is 5.84 Å². The van der Waals surface area contributed by atoms with Crippen molar-refractivity contribution in [1.29, 1.82) is 0 Å². The van der Waals surface area contributed by atoms with Crippen LogP contribution in [0.25, 0.3) is 11.4 Å². The molecule has 0 aliphatic heterocycles. The number of anilines is 1. The summed E-state index contributed by atoms with van der Waals surface area (Å²) in [4.78, 5) is 4.12. The largest absolute Gasteiger partial charge is 0.339 e. The van der Waals surface area contributed by atoms with E-state index in [-0.39, 0.29) is 0 Å². The lowest BCUT2D eigenvalue weighted by Gasteiger charge is -2.03. The SMILES string of the molecule is Cc1nc(-c2ccccc2NN)no1. The number of rotatable bonds is 2. The molecule has 0 fully saturated rings. The number of nitrogens with one attached hydrogen (secondary N) is 1. The zero-order valence-corrected chi connectivity index (χ0v) is 7.69. The van der Waals surface area contributed by atoms with Crippen LogP contribution in [0.1, 0.15) is 5.89 Å². The van der Waals surface area contributed by atoms with Gasteiger partial charge in [0.15, 0.2) is 0 Å². The molecule has 0 bridgehead atoms. The summed E-state index contributed by atoms with van der Waals surface area (Å²) in [6.07, 6.45) is 0. The predicted molar refractivity (Wildman–Crippen MR) is 52.3 cm³/mol. The Morgan fingerprint density at radius 3 is 2.79 bits per heavy atom. The van der Waals surface area contributed by atoms with Crippen molar-refractivity contribution in [3.63, 3.8) is 0 Å². The molecule has 3 N–H and O–H groups in total. The van der Waals surface area contributed by atoms with E-state index in [9.17, 15) is 0 Å². The maximum Gasteiger partial charge on any atom is 0.223 e. The van der Waals surface area contributed by atoms with Crippen molar-refractivity contribution in [2.24, 2.45) is 5.84 Å². The zero-order valence-electron chi connectivity index (χ0n) is 7.69. The first kappa shape index (κ1) is 8.71. The first-order chi connectivity index (χ1) is 6.81. The molecule has 2 aromatic rings. The quantitative estimate of drug-likeness (QED) is 0.551. The number of aromatic nitrogens is 2. The number of hydrogen-bond donors (Lipinski definition) is 2. The van der Waals surface area contributed by atoms with Gasteiger partial charge in [0.1, 0.15) is 0 Å². The number of hydrazine groups is 1. The number of nitrogens with two attached hydrogens (primary N) is 1. The monoisotopic (exact) mass is 190 g/mol. The van der Waals surface area contributed by atoms with Crippen LogP contribution in [0.15, 0.2) is 28.8 Å². The fourth-order valence-electron chi connectivity index (χ4n) is 1.21. The molecule has 0 atom stereocenters. The van der Waals surface area contributed by atoms with E-state index in [1.807, 2.05) is 24.3 Å². The van der Waals surface area contributed by atoms with Gasteiger partial charge >= 0.3 is 0 Å². The van der Waals surface area contributed by atoms with Gasteiger partial charge < -0.3 is 9.95 Å². The molecule has 5 nitrogen and oxygen atoms in total. The Kier molecular flexibility index (Phi) is 2.16. The van der Waals surface area contributed by atoms with Gasteiger partial charge in [-0.1, -0.05) is 17.3 Å². The standard InChI is InChI=1S/C9H10N4O/c1-6-11-9(13-14-6)7-4-2-3-5-8(7)12-10/h2-5,12H,10H2,1H3. The van der Waals surface area contributed by atoms with Gasteiger partial charge in [0.2, 0.25) is 11.7 Å². The fourth-order valence-corrected chi connectivity index (χ4v) is 1.21. The highest BCUT2D eigenvalue weighted by Crippen LogP contribution is 2.23. The highest BCUT2D eigenvalue weighted by Gasteiger charge is 2.08. The molecular formula is C9H10N4O. The van der Waals surface area contributed by atoms with Gasteiger partial charge in [-0.05, 0) is 12.1 Å². The zero-order chi connectivity index (χ0) is 9.97. The molecule has 14 heavy (non-hydrogen) atoms. The lowest BCUT2D eigenvalue weighted by molar-refractivity contribution is 0.394. The molecule has 0 spiro atoms. The number of nitrogen functional groups attached to an aromatic ring is 1. The van der Waals surface area contributed by atoms with E-state index >= 15 is 0 Å². The molecular weight excluding hydrogens is 180 g/mol. The van der Waals surface area contributed by atoms with Crippen molar-refractivity contribution in [1.82, 2.24) is 10.1 Å². The molecule has 0 radical (unpaired) electrons. The molecule has 0 saturated heterocycles. The van der Waals surface area contributed by atoms with Crippen molar-refractivity contribution in [3.05, 3.63) is 30.2 Å². The van der Waals surface area contributed by atoms with E-state index in [2.05, 4.69) is 15.6 Å².